The highest BCUT2D eigenvalue weighted by molar-refractivity contribution is 5.92. The van der Waals surface area contributed by atoms with E-state index in [0.29, 0.717) is 6.54 Å². The molecule has 0 atom stereocenters. The van der Waals surface area contributed by atoms with Crippen LogP contribution < -0.4 is 16.6 Å². The van der Waals surface area contributed by atoms with E-state index in [1.807, 2.05) is 30.3 Å². The average Bonchev–Trinajstić information content (AvgIpc) is 2.47. The van der Waals surface area contributed by atoms with E-state index in [9.17, 15) is 14.4 Å². The molecular formula is C14H15N3O3. The SMILES string of the molecule is Cn1c(C(=O)NCc2ccccc2)cc(=O)n(C)c1=O. The van der Waals surface area contributed by atoms with Crippen LogP contribution in [0.3, 0.4) is 0 Å². The third-order valence-electron chi connectivity index (χ3n) is 3.05. The van der Waals surface area contributed by atoms with Gasteiger partial charge in [0.25, 0.3) is 11.5 Å². The molecule has 0 spiro atoms. The summed E-state index contributed by atoms with van der Waals surface area (Å²) < 4.78 is 2.11. The summed E-state index contributed by atoms with van der Waals surface area (Å²) in [5.74, 6) is -0.453. The quantitative estimate of drug-likeness (QED) is 0.856. The number of carbonyl (C=O) groups is 1. The number of benzene rings is 1. The van der Waals surface area contributed by atoms with Crippen LogP contribution in [0.15, 0.2) is 46.0 Å². The van der Waals surface area contributed by atoms with Crippen molar-refractivity contribution in [2.45, 2.75) is 6.54 Å². The summed E-state index contributed by atoms with van der Waals surface area (Å²) >= 11 is 0. The van der Waals surface area contributed by atoms with Crippen LogP contribution in [-0.2, 0) is 20.6 Å². The topological polar surface area (TPSA) is 73.1 Å². The predicted molar refractivity (Wildman–Crippen MR) is 74.5 cm³/mol. The van der Waals surface area contributed by atoms with E-state index in [4.69, 9.17) is 0 Å². The fourth-order valence-corrected chi connectivity index (χ4v) is 1.82. The van der Waals surface area contributed by atoms with Gasteiger partial charge in [-0.3, -0.25) is 18.7 Å². The third-order valence-corrected chi connectivity index (χ3v) is 3.05. The lowest BCUT2D eigenvalue weighted by Crippen LogP contribution is -2.41. The molecule has 0 radical (unpaired) electrons. The standard InChI is InChI=1S/C14H15N3O3/c1-16-11(8-12(18)17(2)14(16)20)13(19)15-9-10-6-4-3-5-7-10/h3-8H,9H2,1-2H3,(H,15,19). The Morgan fingerprint density at radius 1 is 1.10 bits per heavy atom. The van der Waals surface area contributed by atoms with Crippen LogP contribution in [0.5, 0.6) is 0 Å². The highest BCUT2D eigenvalue weighted by Gasteiger charge is 2.13. The average molecular weight is 273 g/mol. The van der Waals surface area contributed by atoms with E-state index in [1.165, 1.54) is 14.1 Å². The van der Waals surface area contributed by atoms with Crippen LogP contribution in [0.4, 0.5) is 0 Å². The molecule has 2 aromatic rings. The normalized spacial score (nSPS) is 10.3. The zero-order valence-corrected chi connectivity index (χ0v) is 11.3. The molecule has 104 valence electrons. The summed E-state index contributed by atoms with van der Waals surface area (Å²) in [5.41, 5.74) is -0.0379. The van der Waals surface area contributed by atoms with Gasteiger partial charge in [0.1, 0.15) is 5.69 Å². The maximum Gasteiger partial charge on any atom is 0.331 e. The molecule has 1 aromatic carbocycles. The number of amides is 1. The molecule has 0 unspecified atom stereocenters. The Morgan fingerprint density at radius 3 is 2.40 bits per heavy atom. The number of hydrogen-bond acceptors (Lipinski definition) is 3. The van der Waals surface area contributed by atoms with Crippen molar-refractivity contribution in [2.24, 2.45) is 14.1 Å². The molecule has 0 aliphatic heterocycles. The van der Waals surface area contributed by atoms with Gasteiger partial charge in [-0.15, -0.1) is 0 Å². The van der Waals surface area contributed by atoms with Gasteiger partial charge in [0, 0.05) is 26.7 Å². The van der Waals surface area contributed by atoms with Gasteiger partial charge in [0.2, 0.25) is 0 Å². The summed E-state index contributed by atoms with van der Waals surface area (Å²) in [6, 6.07) is 10.5. The molecule has 20 heavy (non-hydrogen) atoms. The lowest BCUT2D eigenvalue weighted by molar-refractivity contribution is 0.0940. The monoisotopic (exact) mass is 273 g/mol. The molecule has 2 rings (SSSR count). The number of hydrogen-bond donors (Lipinski definition) is 1. The highest BCUT2D eigenvalue weighted by Crippen LogP contribution is 1.98. The molecule has 0 bridgehead atoms. The minimum absolute atomic E-state index is 0.0500. The Kier molecular flexibility index (Phi) is 3.84. The van der Waals surface area contributed by atoms with E-state index in [-0.39, 0.29) is 5.69 Å². The first-order valence-corrected chi connectivity index (χ1v) is 6.10. The van der Waals surface area contributed by atoms with Crippen LogP contribution in [0, 0.1) is 0 Å². The third kappa shape index (κ3) is 2.69. The van der Waals surface area contributed by atoms with Crippen molar-refractivity contribution in [3.8, 4) is 0 Å². The van der Waals surface area contributed by atoms with Crippen molar-refractivity contribution >= 4 is 5.91 Å². The molecule has 0 aliphatic rings. The van der Waals surface area contributed by atoms with Gasteiger partial charge in [0.15, 0.2) is 0 Å². The van der Waals surface area contributed by atoms with Gasteiger partial charge in [-0.2, -0.15) is 0 Å². The molecule has 1 N–H and O–H groups in total. The van der Waals surface area contributed by atoms with Crippen molar-refractivity contribution in [2.75, 3.05) is 0 Å². The molecule has 6 heteroatoms. The van der Waals surface area contributed by atoms with E-state index in [2.05, 4.69) is 5.32 Å². The number of carbonyl (C=O) groups excluding carboxylic acids is 1. The Hall–Kier alpha value is -2.63. The van der Waals surface area contributed by atoms with Gasteiger partial charge in [-0.1, -0.05) is 30.3 Å². The molecule has 0 fully saturated rings. The molecule has 0 aliphatic carbocycles. The minimum Gasteiger partial charge on any atom is -0.347 e. The van der Waals surface area contributed by atoms with E-state index >= 15 is 0 Å². The summed E-state index contributed by atoms with van der Waals surface area (Å²) in [6.45, 7) is 0.336. The molecular weight excluding hydrogens is 258 g/mol. The van der Waals surface area contributed by atoms with Crippen LogP contribution in [0.25, 0.3) is 0 Å². The number of nitrogens with zero attached hydrogens (tertiary/aromatic N) is 2. The summed E-state index contributed by atoms with van der Waals surface area (Å²) in [5, 5.41) is 2.68. The van der Waals surface area contributed by atoms with Gasteiger partial charge < -0.3 is 5.32 Å². The Labute approximate surface area is 115 Å². The van der Waals surface area contributed by atoms with Crippen LogP contribution in [0.1, 0.15) is 16.1 Å². The maximum absolute atomic E-state index is 12.0. The molecule has 0 saturated carbocycles. The van der Waals surface area contributed by atoms with Crippen molar-refractivity contribution in [1.29, 1.82) is 0 Å². The zero-order valence-electron chi connectivity index (χ0n) is 11.3. The minimum atomic E-state index is -0.526. The first-order chi connectivity index (χ1) is 9.50. The molecule has 1 aromatic heterocycles. The van der Waals surface area contributed by atoms with Crippen LogP contribution in [0.2, 0.25) is 0 Å². The first kappa shape index (κ1) is 13.8. The van der Waals surface area contributed by atoms with Gasteiger partial charge in [0.05, 0.1) is 0 Å². The largest absolute Gasteiger partial charge is 0.347 e. The van der Waals surface area contributed by atoms with Crippen molar-refractivity contribution in [3.05, 3.63) is 68.5 Å². The Morgan fingerprint density at radius 2 is 1.75 bits per heavy atom. The Bertz CT molecular complexity index is 744. The number of nitrogens with one attached hydrogen (secondary N) is 1. The Balaban J connectivity index is 2.22. The second-order valence-corrected chi connectivity index (χ2v) is 4.44. The van der Waals surface area contributed by atoms with Crippen molar-refractivity contribution in [3.63, 3.8) is 0 Å². The van der Waals surface area contributed by atoms with E-state index < -0.39 is 17.2 Å². The van der Waals surface area contributed by atoms with Crippen molar-refractivity contribution < 1.29 is 4.79 Å². The highest BCUT2D eigenvalue weighted by atomic mass is 16.2. The summed E-state index contributed by atoms with van der Waals surface area (Å²) in [7, 11) is 2.83. The summed E-state index contributed by atoms with van der Waals surface area (Å²) in [4.78, 5) is 35.3. The van der Waals surface area contributed by atoms with Crippen LogP contribution in [-0.4, -0.2) is 15.0 Å². The van der Waals surface area contributed by atoms with Gasteiger partial charge in [-0.05, 0) is 5.56 Å². The van der Waals surface area contributed by atoms with Crippen molar-refractivity contribution in [1.82, 2.24) is 14.5 Å². The molecule has 1 amide bonds. The second-order valence-electron chi connectivity index (χ2n) is 4.44. The molecule has 6 nitrogen and oxygen atoms in total. The number of rotatable bonds is 3. The zero-order chi connectivity index (χ0) is 14.7. The van der Waals surface area contributed by atoms with E-state index in [0.717, 1.165) is 20.8 Å². The van der Waals surface area contributed by atoms with Gasteiger partial charge >= 0.3 is 5.69 Å². The fraction of sp³-hybridized carbons (Fsp3) is 0.214. The number of aromatic nitrogens is 2. The smallest absolute Gasteiger partial charge is 0.331 e. The van der Waals surface area contributed by atoms with Gasteiger partial charge in [-0.25, -0.2) is 4.79 Å². The lowest BCUT2D eigenvalue weighted by atomic mass is 10.2. The predicted octanol–water partition coefficient (Wildman–Crippen LogP) is 0.0140. The van der Waals surface area contributed by atoms with Crippen LogP contribution >= 0.6 is 0 Å². The summed E-state index contributed by atoms with van der Waals surface area (Å²) in [6.07, 6.45) is 0. The molecule has 1 heterocycles. The fourth-order valence-electron chi connectivity index (χ4n) is 1.82. The second kappa shape index (κ2) is 5.56. The lowest BCUT2D eigenvalue weighted by Gasteiger charge is -2.10. The first-order valence-electron chi connectivity index (χ1n) is 6.10. The molecule has 0 saturated heterocycles. The van der Waals surface area contributed by atoms with E-state index in [1.54, 1.807) is 0 Å². The maximum atomic E-state index is 12.0.